The molecule has 4 N–H and O–H groups in total. The summed E-state index contributed by atoms with van der Waals surface area (Å²) in [6, 6.07) is 12.3. The second-order valence-corrected chi connectivity index (χ2v) is 8.04. The van der Waals surface area contributed by atoms with E-state index in [1.165, 1.54) is 30.0 Å². The lowest BCUT2D eigenvalue weighted by atomic mass is 10.1. The lowest BCUT2D eigenvalue weighted by molar-refractivity contribution is -0.274. The quantitative estimate of drug-likeness (QED) is 0.378. The van der Waals surface area contributed by atoms with Gasteiger partial charge in [-0.25, -0.2) is 9.48 Å². The number of benzene rings is 2. The number of anilines is 1. The van der Waals surface area contributed by atoms with Crippen LogP contribution in [-0.2, 0) is 17.9 Å². The van der Waals surface area contributed by atoms with Gasteiger partial charge in [-0.2, -0.15) is 0 Å². The van der Waals surface area contributed by atoms with Gasteiger partial charge in [-0.3, -0.25) is 5.32 Å². The first-order valence-corrected chi connectivity index (χ1v) is 11.0. The summed E-state index contributed by atoms with van der Waals surface area (Å²) in [7, 11) is 1.47. The van der Waals surface area contributed by atoms with Gasteiger partial charge in [0.05, 0.1) is 17.9 Å². The van der Waals surface area contributed by atoms with Crippen molar-refractivity contribution in [3.05, 3.63) is 65.2 Å². The number of carbonyl (C=O) groups is 1. The van der Waals surface area contributed by atoms with Crippen molar-refractivity contribution in [2.45, 2.75) is 39.4 Å². The highest BCUT2D eigenvalue weighted by Gasteiger charge is 2.32. The normalized spacial score (nSPS) is 12.2. The summed E-state index contributed by atoms with van der Waals surface area (Å²) in [6.45, 7) is 3.68. The highest BCUT2D eigenvalue weighted by Crippen LogP contribution is 2.29. The molecule has 1 aromatic heterocycles. The molecule has 12 heteroatoms. The number of halogens is 3. The van der Waals surface area contributed by atoms with Crippen molar-refractivity contribution in [3.8, 4) is 17.3 Å². The van der Waals surface area contributed by atoms with Gasteiger partial charge in [-0.1, -0.05) is 24.3 Å². The van der Waals surface area contributed by atoms with Crippen molar-refractivity contribution in [2.75, 3.05) is 19.0 Å². The second kappa shape index (κ2) is 11.8. The molecule has 36 heavy (non-hydrogen) atoms. The number of urea groups is 1. The average Bonchev–Trinajstić information content (AvgIpc) is 3.12. The summed E-state index contributed by atoms with van der Waals surface area (Å²) in [5.74, 6) is 0.206. The van der Waals surface area contributed by atoms with Gasteiger partial charge in [0.2, 0.25) is 5.88 Å². The molecule has 0 unspecified atom stereocenters. The van der Waals surface area contributed by atoms with Crippen LogP contribution in [0.3, 0.4) is 0 Å². The number of amides is 2. The topological polar surface area (TPSA) is 113 Å². The van der Waals surface area contributed by atoms with E-state index in [2.05, 4.69) is 20.5 Å². The minimum atomic E-state index is -4.88. The molecule has 0 aliphatic carbocycles. The summed E-state index contributed by atoms with van der Waals surface area (Å²) in [5, 5.41) is 9.73. The fourth-order valence-electron chi connectivity index (χ4n) is 3.31. The molecule has 9 nitrogen and oxygen atoms in total. The van der Waals surface area contributed by atoms with E-state index in [0.29, 0.717) is 28.5 Å². The molecule has 3 rings (SSSR count). The number of aromatic nitrogens is 2. The van der Waals surface area contributed by atoms with Crippen LogP contribution in [0.4, 0.5) is 23.8 Å². The van der Waals surface area contributed by atoms with Crippen LogP contribution in [0.2, 0.25) is 0 Å². The smallest absolute Gasteiger partial charge is 0.475 e. The van der Waals surface area contributed by atoms with Crippen molar-refractivity contribution < 1.29 is 32.2 Å². The maximum Gasteiger partial charge on any atom is 0.573 e. The first-order chi connectivity index (χ1) is 17.1. The molecule has 0 fully saturated rings. The number of methoxy groups -OCH3 is 1. The number of nitrogens with two attached hydrogens (primary N) is 1. The fourth-order valence-corrected chi connectivity index (χ4v) is 3.31. The number of nitrogens with zero attached hydrogens (tertiary/aromatic N) is 2. The third-order valence-corrected chi connectivity index (χ3v) is 4.90. The van der Waals surface area contributed by atoms with Crippen molar-refractivity contribution in [2.24, 2.45) is 5.73 Å². The number of hydrogen-bond donors (Lipinski definition) is 3. The van der Waals surface area contributed by atoms with Gasteiger partial charge in [0, 0.05) is 25.3 Å². The average molecular weight is 508 g/mol. The van der Waals surface area contributed by atoms with Gasteiger partial charge in [-0.15, -0.1) is 18.3 Å². The Morgan fingerprint density at radius 1 is 1.19 bits per heavy atom. The van der Waals surface area contributed by atoms with Crippen molar-refractivity contribution >= 4 is 11.8 Å². The van der Waals surface area contributed by atoms with Crippen LogP contribution in [-0.4, -0.2) is 41.9 Å². The summed E-state index contributed by atoms with van der Waals surface area (Å²) < 4.78 is 54.9. The van der Waals surface area contributed by atoms with Crippen LogP contribution >= 0.6 is 0 Å². The molecular weight excluding hydrogens is 479 g/mol. The summed E-state index contributed by atoms with van der Waals surface area (Å²) in [6.07, 6.45) is -4.88. The second-order valence-electron chi connectivity index (χ2n) is 8.04. The number of nitrogens with one attached hydrogen (secondary N) is 2. The molecule has 0 radical (unpaired) electrons. The van der Waals surface area contributed by atoms with Gasteiger partial charge in [0.25, 0.3) is 0 Å². The zero-order chi connectivity index (χ0) is 26.3. The molecule has 0 saturated heterocycles. The van der Waals surface area contributed by atoms with E-state index in [1.807, 2.05) is 18.2 Å². The SMILES string of the molecule is COCc1ccc(OC(F)(F)F)c(CNC(=O)Nc2c(C)c(OC[C@@H](C)N)nn2-c2ccccc2)c1. The molecule has 1 heterocycles. The number of rotatable bonds is 10. The molecule has 0 aliphatic heterocycles. The maximum atomic E-state index is 12.8. The Hall–Kier alpha value is -3.77. The minimum Gasteiger partial charge on any atom is -0.475 e. The van der Waals surface area contributed by atoms with E-state index in [1.54, 1.807) is 26.0 Å². The van der Waals surface area contributed by atoms with Gasteiger partial charge >= 0.3 is 12.4 Å². The predicted molar refractivity (Wildman–Crippen MR) is 127 cm³/mol. The molecule has 3 aromatic rings. The molecule has 2 amide bonds. The zero-order valence-electron chi connectivity index (χ0n) is 20.1. The number of ether oxygens (including phenoxy) is 3. The monoisotopic (exact) mass is 507 g/mol. The third kappa shape index (κ3) is 7.36. The van der Waals surface area contributed by atoms with Gasteiger partial charge in [-0.05, 0) is 43.7 Å². The van der Waals surface area contributed by atoms with E-state index < -0.39 is 18.1 Å². The van der Waals surface area contributed by atoms with Crippen LogP contribution in [0.5, 0.6) is 11.6 Å². The first kappa shape index (κ1) is 26.8. The molecule has 0 saturated carbocycles. The Morgan fingerprint density at radius 2 is 1.92 bits per heavy atom. The van der Waals surface area contributed by atoms with Crippen molar-refractivity contribution in [1.82, 2.24) is 15.1 Å². The number of alkyl halides is 3. The van der Waals surface area contributed by atoms with Gasteiger partial charge < -0.3 is 25.3 Å². The Kier molecular flexibility index (Phi) is 8.78. The highest BCUT2D eigenvalue weighted by atomic mass is 19.4. The van der Waals surface area contributed by atoms with E-state index in [4.69, 9.17) is 15.2 Å². The molecule has 2 aromatic carbocycles. The van der Waals surface area contributed by atoms with E-state index in [-0.39, 0.29) is 31.4 Å². The van der Waals surface area contributed by atoms with E-state index in [0.717, 1.165) is 0 Å². The van der Waals surface area contributed by atoms with Crippen LogP contribution in [0.1, 0.15) is 23.6 Å². The molecular formula is C24H28F3N5O4. The maximum absolute atomic E-state index is 12.8. The van der Waals surface area contributed by atoms with E-state index in [9.17, 15) is 18.0 Å². The lowest BCUT2D eigenvalue weighted by Gasteiger charge is -2.16. The Morgan fingerprint density at radius 3 is 2.56 bits per heavy atom. The minimum absolute atomic E-state index is 0.131. The van der Waals surface area contributed by atoms with Crippen LogP contribution < -0.4 is 25.8 Å². The van der Waals surface area contributed by atoms with Crippen LogP contribution in [0.25, 0.3) is 5.69 Å². The van der Waals surface area contributed by atoms with Crippen molar-refractivity contribution in [1.29, 1.82) is 0 Å². The molecule has 0 aliphatic rings. The molecule has 0 spiro atoms. The molecule has 1 atom stereocenters. The standard InChI is InChI=1S/C24H28F3N5O4/c1-15(28)13-35-22-16(2)21(32(31-22)19-7-5-4-6-8-19)30-23(33)29-12-18-11-17(14-34-3)9-10-20(18)36-24(25,26)27/h4-11,15H,12-14,28H2,1-3H3,(H2,29,30,33)/t15-/m1/s1. The van der Waals surface area contributed by atoms with Crippen molar-refractivity contribution in [3.63, 3.8) is 0 Å². The fraction of sp³-hybridized carbons (Fsp3) is 0.333. The zero-order valence-corrected chi connectivity index (χ0v) is 20.1. The number of hydrogen-bond acceptors (Lipinski definition) is 6. The Bertz CT molecular complexity index is 1170. The van der Waals surface area contributed by atoms with E-state index >= 15 is 0 Å². The summed E-state index contributed by atoms with van der Waals surface area (Å²) in [4.78, 5) is 12.8. The Balaban J connectivity index is 1.81. The van der Waals surface area contributed by atoms with Crippen LogP contribution in [0, 0.1) is 6.92 Å². The van der Waals surface area contributed by atoms with Gasteiger partial charge in [0.1, 0.15) is 18.2 Å². The lowest BCUT2D eigenvalue weighted by Crippen LogP contribution is -2.30. The Labute approximate surface area is 206 Å². The largest absolute Gasteiger partial charge is 0.573 e. The first-order valence-electron chi connectivity index (χ1n) is 11.0. The molecule has 0 bridgehead atoms. The number of para-hydroxylation sites is 1. The third-order valence-electron chi connectivity index (χ3n) is 4.90. The predicted octanol–water partition coefficient (Wildman–Crippen LogP) is 4.27. The molecule has 194 valence electrons. The van der Waals surface area contributed by atoms with Crippen LogP contribution in [0.15, 0.2) is 48.5 Å². The van der Waals surface area contributed by atoms with Gasteiger partial charge in [0.15, 0.2) is 0 Å². The number of carbonyl (C=O) groups excluding carboxylic acids is 1. The highest BCUT2D eigenvalue weighted by molar-refractivity contribution is 5.89. The summed E-state index contributed by atoms with van der Waals surface area (Å²) in [5.41, 5.74) is 7.75. The summed E-state index contributed by atoms with van der Waals surface area (Å²) >= 11 is 0.